The van der Waals surface area contributed by atoms with Gasteiger partial charge in [0.2, 0.25) is 17.7 Å². The number of carbonyl (C=O) groups excluding carboxylic acids is 9. The molecule has 82 heavy (non-hydrogen) atoms. The van der Waals surface area contributed by atoms with Crippen LogP contribution in [0.5, 0.6) is 11.5 Å². The third kappa shape index (κ3) is 27.9. The standard InChI is InChI=1S/C28H37N3O8.C18H26N2O5.C10H13NO4.3CH4/c1-17(2)21(27(37)29-18(3)28(38)39)16-23(33)22(15-19-8-10-20(32)11-9-19)30-24(34)7-5-4-6-14-31-25(35)12-13-26(31)36;1-10(2)14(17(23)20-11(3)18(24)25)9-16(22)15(19)8-12-4-6-13(21)7-5-12;12-8-5-6-9(13)11(8)7-3-1-2-4-10(14)15;;;/h8-13,17-18,21-22,32H,4-7,14-16H2,1-3H3,(H,29,37)(H,30,34)(H,38,39);4-7,10-11,14-15,21H,8-9,19H2,1-3H3,(H,20,23)(H,24,25);5-6H,1-4,7H2,(H,14,15);3*1H4/t18-,21-,22-;11-,14-,15-;;;;/m00..../s1. The van der Waals surface area contributed by atoms with E-state index < -0.39 is 65.7 Å². The summed E-state index contributed by atoms with van der Waals surface area (Å²) in [6.45, 7) is 10.5. The topological polar surface area (TPSA) is 375 Å². The first-order chi connectivity index (χ1) is 37.1. The Bertz CT molecular complexity index is 2490. The number of benzene rings is 2. The fourth-order valence-electron chi connectivity index (χ4n) is 7.89. The van der Waals surface area contributed by atoms with E-state index in [1.54, 1.807) is 52.0 Å². The van der Waals surface area contributed by atoms with Crippen LogP contribution in [-0.4, -0.2) is 143 Å². The molecule has 23 nitrogen and oxygen atoms in total. The highest BCUT2D eigenvalue weighted by atomic mass is 16.4. The number of hydrogen-bond acceptors (Lipinski definition) is 15. The molecule has 2 aliphatic heterocycles. The fourth-order valence-corrected chi connectivity index (χ4v) is 7.89. The van der Waals surface area contributed by atoms with Crippen molar-refractivity contribution in [2.45, 2.75) is 165 Å². The van der Waals surface area contributed by atoms with Gasteiger partial charge >= 0.3 is 17.9 Å². The molecular weight excluding hydrogens is 1060 g/mol. The van der Waals surface area contributed by atoms with Gasteiger partial charge in [0.15, 0.2) is 11.6 Å². The van der Waals surface area contributed by atoms with E-state index in [1.165, 1.54) is 67.3 Å². The maximum absolute atomic E-state index is 13.3. The largest absolute Gasteiger partial charge is 0.508 e. The molecule has 0 saturated heterocycles. The molecule has 0 aliphatic carbocycles. The molecule has 2 aromatic carbocycles. The van der Waals surface area contributed by atoms with Crippen LogP contribution >= 0.6 is 0 Å². The number of carboxylic acid groups (broad SMARTS) is 3. The van der Waals surface area contributed by atoms with Gasteiger partial charge in [0, 0.05) is 74.9 Å². The number of unbranched alkanes of at least 4 members (excludes halogenated alkanes) is 4. The van der Waals surface area contributed by atoms with Crippen molar-refractivity contribution in [3.05, 3.63) is 84.0 Å². The monoisotopic (exact) mass is 1150 g/mol. The van der Waals surface area contributed by atoms with Crippen LogP contribution in [0, 0.1) is 23.7 Å². The number of nitrogens with one attached hydrogen (secondary N) is 3. The molecule has 7 amide bonds. The lowest BCUT2D eigenvalue weighted by Crippen LogP contribution is -2.47. The van der Waals surface area contributed by atoms with Gasteiger partial charge in [0.05, 0.1) is 12.1 Å². The van der Waals surface area contributed by atoms with Crippen LogP contribution in [0.3, 0.4) is 0 Å². The van der Waals surface area contributed by atoms with Gasteiger partial charge in [-0.05, 0) is 99.6 Å². The number of rotatable bonds is 31. The molecule has 0 bridgehead atoms. The number of carboxylic acids is 3. The molecule has 456 valence electrons. The number of aliphatic carboxylic acids is 3. The maximum Gasteiger partial charge on any atom is 0.325 e. The number of aromatic hydroxyl groups is 2. The van der Waals surface area contributed by atoms with E-state index in [0.29, 0.717) is 57.1 Å². The molecule has 23 heteroatoms. The van der Waals surface area contributed by atoms with Gasteiger partial charge in [-0.3, -0.25) is 67.3 Å². The second kappa shape index (κ2) is 38.5. The Morgan fingerprint density at radius 2 is 0.841 bits per heavy atom. The molecule has 2 aromatic rings. The molecule has 0 radical (unpaired) electrons. The average molecular weight is 1150 g/mol. The zero-order chi connectivity index (χ0) is 59.5. The molecule has 0 aromatic heterocycles. The van der Waals surface area contributed by atoms with Crippen molar-refractivity contribution in [1.29, 1.82) is 0 Å². The third-order valence-corrected chi connectivity index (χ3v) is 12.8. The Balaban J connectivity index is 0. The normalized spacial score (nSPS) is 14.5. The lowest BCUT2D eigenvalue weighted by atomic mass is 9.86. The van der Waals surface area contributed by atoms with E-state index in [4.69, 9.17) is 21.1 Å². The van der Waals surface area contributed by atoms with Crippen molar-refractivity contribution >= 4 is 70.8 Å². The van der Waals surface area contributed by atoms with Crippen molar-refractivity contribution in [1.82, 2.24) is 25.8 Å². The number of phenolic OH excluding ortho intramolecular Hbond substituents is 2. The molecule has 2 heterocycles. The molecule has 4 rings (SSSR count). The number of phenols is 2. The molecule has 10 N–H and O–H groups in total. The van der Waals surface area contributed by atoms with Crippen LogP contribution in [0.1, 0.15) is 139 Å². The van der Waals surface area contributed by atoms with Gasteiger partial charge in [-0.1, -0.05) is 87.1 Å². The molecule has 0 spiro atoms. The lowest BCUT2D eigenvalue weighted by Gasteiger charge is -2.24. The van der Waals surface area contributed by atoms with Crippen molar-refractivity contribution in [3.8, 4) is 11.5 Å². The first kappa shape index (κ1) is 76.0. The highest BCUT2D eigenvalue weighted by Crippen LogP contribution is 2.21. The Kier molecular flexibility index (Phi) is 35.7. The van der Waals surface area contributed by atoms with Crippen LogP contribution in [0.2, 0.25) is 0 Å². The van der Waals surface area contributed by atoms with E-state index in [0.717, 1.165) is 10.5 Å². The minimum Gasteiger partial charge on any atom is -0.508 e. The average Bonchev–Trinajstić information content (AvgIpc) is 3.95. The fraction of sp³-hybridized carbons (Fsp3) is 0.525. The number of nitrogens with two attached hydrogens (primary N) is 1. The first-order valence-electron chi connectivity index (χ1n) is 26.1. The molecular formula is C59H88N6O17. The first-order valence-corrected chi connectivity index (χ1v) is 26.1. The summed E-state index contributed by atoms with van der Waals surface area (Å²) in [4.78, 5) is 143. The molecule has 2 aliphatic rings. The summed E-state index contributed by atoms with van der Waals surface area (Å²) in [7, 11) is 0. The maximum atomic E-state index is 13.3. The van der Waals surface area contributed by atoms with Crippen LogP contribution in [0.4, 0.5) is 0 Å². The minimum atomic E-state index is -1.19. The Labute approximate surface area is 481 Å². The summed E-state index contributed by atoms with van der Waals surface area (Å²) in [6.07, 6.45) is 9.01. The Morgan fingerprint density at radius 1 is 0.488 bits per heavy atom. The van der Waals surface area contributed by atoms with Gasteiger partial charge in [-0.2, -0.15) is 0 Å². The van der Waals surface area contributed by atoms with Crippen molar-refractivity contribution in [2.75, 3.05) is 13.1 Å². The van der Waals surface area contributed by atoms with E-state index in [9.17, 15) is 67.7 Å². The summed E-state index contributed by atoms with van der Waals surface area (Å²) in [5.74, 6) is -8.02. The van der Waals surface area contributed by atoms with Gasteiger partial charge in [0.1, 0.15) is 23.6 Å². The smallest absolute Gasteiger partial charge is 0.325 e. The summed E-state index contributed by atoms with van der Waals surface area (Å²) < 4.78 is 0. The Hall–Kier alpha value is -8.08. The van der Waals surface area contributed by atoms with Gasteiger partial charge in [-0.25, -0.2) is 0 Å². The van der Waals surface area contributed by atoms with Crippen LogP contribution in [0.15, 0.2) is 72.8 Å². The quantitative estimate of drug-likeness (QED) is 0.0343. The Morgan fingerprint density at radius 3 is 1.20 bits per heavy atom. The highest BCUT2D eigenvalue weighted by Gasteiger charge is 2.32. The molecule has 6 atom stereocenters. The second-order valence-electron chi connectivity index (χ2n) is 20.0. The van der Waals surface area contributed by atoms with Crippen LogP contribution in [0.25, 0.3) is 0 Å². The minimum absolute atomic E-state index is 0. The lowest BCUT2D eigenvalue weighted by molar-refractivity contribution is -0.142. The number of ketones is 2. The van der Waals surface area contributed by atoms with Crippen LogP contribution < -0.4 is 21.7 Å². The predicted octanol–water partition coefficient (Wildman–Crippen LogP) is 5.27. The zero-order valence-corrected chi connectivity index (χ0v) is 45.6. The van der Waals surface area contributed by atoms with E-state index >= 15 is 0 Å². The number of nitrogens with zero attached hydrogens (tertiary/aromatic N) is 2. The third-order valence-electron chi connectivity index (χ3n) is 12.8. The van der Waals surface area contributed by atoms with Crippen molar-refractivity contribution in [3.63, 3.8) is 0 Å². The summed E-state index contributed by atoms with van der Waals surface area (Å²) in [5.41, 5.74) is 7.46. The number of imide groups is 2. The van der Waals surface area contributed by atoms with Crippen molar-refractivity contribution in [2.24, 2.45) is 29.4 Å². The van der Waals surface area contributed by atoms with Crippen molar-refractivity contribution < 1.29 is 83.1 Å². The predicted molar refractivity (Wildman–Crippen MR) is 306 cm³/mol. The number of carbonyl (C=O) groups is 12. The number of Topliss-reactive ketones (excluding diaryl/α,β-unsaturated/α-hetero) is 2. The van der Waals surface area contributed by atoms with Gasteiger partial charge < -0.3 is 47.2 Å². The highest BCUT2D eigenvalue weighted by molar-refractivity contribution is 6.13. The van der Waals surface area contributed by atoms with E-state index in [-0.39, 0.29) is 125 Å². The molecule has 0 unspecified atom stereocenters. The van der Waals surface area contributed by atoms with E-state index in [1.807, 2.05) is 0 Å². The summed E-state index contributed by atoms with van der Waals surface area (Å²) in [5, 5.41) is 52.8. The second-order valence-corrected chi connectivity index (χ2v) is 20.0. The number of hydrogen-bond donors (Lipinski definition) is 9. The van der Waals surface area contributed by atoms with E-state index in [2.05, 4.69) is 16.0 Å². The van der Waals surface area contributed by atoms with Crippen LogP contribution in [-0.2, 0) is 70.4 Å². The molecule has 0 saturated carbocycles. The number of amides is 7. The molecule has 0 fully saturated rings. The van der Waals surface area contributed by atoms with Gasteiger partial charge in [-0.15, -0.1) is 0 Å². The summed E-state index contributed by atoms with van der Waals surface area (Å²) in [6, 6.07) is 8.80. The van der Waals surface area contributed by atoms with Gasteiger partial charge in [0.25, 0.3) is 23.6 Å². The zero-order valence-electron chi connectivity index (χ0n) is 45.6. The SMILES string of the molecule is C.C.C.CC(C)[C@H](CC(=O)[C@@H](N)Cc1ccc(O)cc1)C(=O)N[C@@H](C)C(=O)O.CC(C)[C@H](CC(=O)[C@H](Cc1ccc(O)cc1)NC(=O)CCCCCN1C(=O)C=CC1=O)C(=O)N[C@@H](C)C(=O)O.O=C(O)CCCCCN1C(=O)C=CC1=O. The summed E-state index contributed by atoms with van der Waals surface area (Å²) >= 11 is 0.